The molecular weight excluding hydrogens is 488 g/mol. The molecule has 0 atom stereocenters. The van der Waals surface area contributed by atoms with Crippen LogP contribution in [0.3, 0.4) is 0 Å². The molecule has 1 aromatic heterocycles. The lowest BCUT2D eigenvalue weighted by Crippen LogP contribution is -2.46. The number of anilines is 2. The van der Waals surface area contributed by atoms with Gasteiger partial charge in [0.05, 0.1) is 12.1 Å². The lowest BCUT2D eigenvalue weighted by molar-refractivity contribution is -0.117. The summed E-state index contributed by atoms with van der Waals surface area (Å²) < 4.78 is 30.4. The summed E-state index contributed by atoms with van der Waals surface area (Å²) in [7, 11) is 0. The number of primary amides is 1. The Morgan fingerprint density at radius 2 is 1.32 bits per heavy atom. The fourth-order valence-corrected chi connectivity index (χ4v) is 5.65. The van der Waals surface area contributed by atoms with Gasteiger partial charge in [-0.25, -0.2) is 13.8 Å². The average Bonchev–Trinajstić information content (AvgIpc) is 3.37. The van der Waals surface area contributed by atoms with Gasteiger partial charge in [-0.3, -0.25) is 9.69 Å². The van der Waals surface area contributed by atoms with E-state index in [-0.39, 0.29) is 12.1 Å². The van der Waals surface area contributed by atoms with Crippen molar-refractivity contribution in [3.63, 3.8) is 0 Å². The zero-order chi connectivity index (χ0) is 25.8. The molecule has 4 aromatic carbocycles. The normalized spacial score (nSPS) is 11.3. The second-order valence-electron chi connectivity index (χ2n) is 8.49. The minimum Gasteiger partial charge on any atom is -0.369 e. The third kappa shape index (κ3) is 4.61. The van der Waals surface area contributed by atoms with Crippen molar-refractivity contribution in [1.82, 2.24) is 4.98 Å². The fourth-order valence-electron chi connectivity index (χ4n) is 4.66. The van der Waals surface area contributed by atoms with Crippen molar-refractivity contribution in [2.24, 2.45) is 5.73 Å². The lowest BCUT2D eigenvalue weighted by Gasteiger charge is -2.45. The van der Waals surface area contributed by atoms with Crippen molar-refractivity contribution in [2.45, 2.75) is 12.0 Å². The standard InChI is InChI=1S/C30H23F2N3OS/c31-24-16-17-26(32)27(18-24)35(29-34-20-25(37-29)19-28(33)36)30(21-10-4-1-5-11-21,22-12-6-2-7-13-22)23-14-8-3-9-15-23/h1-18,20H,19H2,(H2,33,36). The molecule has 184 valence electrons. The van der Waals surface area contributed by atoms with Gasteiger partial charge in [-0.05, 0) is 28.8 Å². The Hall–Kier alpha value is -4.36. The number of amides is 1. The average molecular weight is 512 g/mol. The first-order valence-electron chi connectivity index (χ1n) is 11.6. The number of carbonyl (C=O) groups is 1. The third-order valence-electron chi connectivity index (χ3n) is 6.14. The molecule has 0 aliphatic carbocycles. The van der Waals surface area contributed by atoms with Gasteiger partial charge in [-0.1, -0.05) is 91.0 Å². The molecule has 2 N–H and O–H groups in total. The van der Waals surface area contributed by atoms with Gasteiger partial charge in [-0.2, -0.15) is 0 Å². The van der Waals surface area contributed by atoms with Crippen LogP contribution >= 0.6 is 11.3 Å². The zero-order valence-corrected chi connectivity index (χ0v) is 20.5. The molecule has 0 fully saturated rings. The second kappa shape index (κ2) is 10.3. The first-order valence-corrected chi connectivity index (χ1v) is 12.5. The zero-order valence-electron chi connectivity index (χ0n) is 19.7. The van der Waals surface area contributed by atoms with Gasteiger partial charge in [0.25, 0.3) is 0 Å². The number of nitrogens with zero attached hydrogens (tertiary/aromatic N) is 2. The van der Waals surface area contributed by atoms with Crippen LogP contribution in [0.2, 0.25) is 0 Å². The van der Waals surface area contributed by atoms with E-state index >= 15 is 4.39 Å². The van der Waals surface area contributed by atoms with Crippen LogP contribution in [0.5, 0.6) is 0 Å². The summed E-state index contributed by atoms with van der Waals surface area (Å²) in [6, 6.07) is 32.3. The highest BCUT2D eigenvalue weighted by molar-refractivity contribution is 7.15. The number of halogens is 2. The maximum absolute atomic E-state index is 15.7. The van der Waals surface area contributed by atoms with Crippen molar-refractivity contribution in [1.29, 1.82) is 0 Å². The molecular formula is C30H23F2N3OS. The monoisotopic (exact) mass is 511 g/mol. The van der Waals surface area contributed by atoms with Crippen LogP contribution in [0, 0.1) is 11.6 Å². The number of hydrogen-bond donors (Lipinski definition) is 1. The molecule has 7 heteroatoms. The van der Waals surface area contributed by atoms with Crippen LogP contribution in [-0.2, 0) is 16.8 Å². The van der Waals surface area contributed by atoms with Crippen molar-refractivity contribution in [3.8, 4) is 0 Å². The van der Waals surface area contributed by atoms with Gasteiger partial charge < -0.3 is 5.73 Å². The molecule has 0 spiro atoms. The van der Waals surface area contributed by atoms with E-state index in [0.717, 1.165) is 28.8 Å². The smallest absolute Gasteiger partial charge is 0.222 e. The Morgan fingerprint density at radius 3 is 1.81 bits per heavy atom. The largest absolute Gasteiger partial charge is 0.369 e. The maximum Gasteiger partial charge on any atom is 0.222 e. The molecule has 0 saturated heterocycles. The molecule has 0 bridgehead atoms. The summed E-state index contributed by atoms with van der Waals surface area (Å²) in [5.41, 5.74) is 6.76. The molecule has 5 aromatic rings. The maximum atomic E-state index is 15.7. The number of carbonyl (C=O) groups excluding carboxylic acids is 1. The SMILES string of the molecule is NC(=O)Cc1cnc(N(c2cc(F)ccc2F)C(c2ccccc2)(c2ccccc2)c2ccccc2)s1. The summed E-state index contributed by atoms with van der Waals surface area (Å²) in [4.78, 5) is 18.6. The number of benzene rings is 4. The Bertz CT molecular complexity index is 1410. The van der Waals surface area contributed by atoms with Gasteiger partial charge in [0.2, 0.25) is 5.91 Å². The molecule has 0 unspecified atom stereocenters. The summed E-state index contributed by atoms with van der Waals surface area (Å²) in [5, 5.41) is 0.386. The predicted octanol–water partition coefficient (Wildman–Crippen LogP) is 6.58. The number of nitrogens with two attached hydrogens (primary N) is 1. The molecule has 4 nitrogen and oxygen atoms in total. The summed E-state index contributed by atoms with van der Waals surface area (Å²) in [6.07, 6.45) is 1.55. The summed E-state index contributed by atoms with van der Waals surface area (Å²) in [5.74, 6) is -1.70. The first kappa shape index (κ1) is 24.3. The van der Waals surface area contributed by atoms with Gasteiger partial charge in [0, 0.05) is 17.1 Å². The predicted molar refractivity (Wildman–Crippen MR) is 143 cm³/mol. The van der Waals surface area contributed by atoms with E-state index in [9.17, 15) is 9.18 Å². The van der Waals surface area contributed by atoms with Crippen LogP contribution < -0.4 is 10.6 Å². The van der Waals surface area contributed by atoms with Crippen molar-refractivity contribution >= 4 is 28.1 Å². The van der Waals surface area contributed by atoms with Gasteiger partial charge in [0.1, 0.15) is 17.2 Å². The molecule has 0 radical (unpaired) electrons. The van der Waals surface area contributed by atoms with E-state index in [0.29, 0.717) is 10.0 Å². The van der Waals surface area contributed by atoms with E-state index in [1.165, 1.54) is 17.4 Å². The van der Waals surface area contributed by atoms with Crippen molar-refractivity contribution in [2.75, 3.05) is 4.90 Å². The number of thiazole rings is 1. The van der Waals surface area contributed by atoms with E-state index in [1.807, 2.05) is 91.0 Å². The minimum atomic E-state index is -1.15. The Labute approximate surface area is 217 Å². The molecule has 1 heterocycles. The number of hydrogen-bond acceptors (Lipinski definition) is 4. The Balaban J connectivity index is 1.93. The molecule has 0 saturated carbocycles. The van der Waals surface area contributed by atoms with Crippen LogP contribution in [0.15, 0.2) is 115 Å². The number of rotatable bonds is 8. The van der Waals surface area contributed by atoms with Crippen LogP contribution in [0.4, 0.5) is 19.6 Å². The topological polar surface area (TPSA) is 59.2 Å². The lowest BCUT2D eigenvalue weighted by atomic mass is 9.75. The highest BCUT2D eigenvalue weighted by Gasteiger charge is 2.45. The van der Waals surface area contributed by atoms with Crippen LogP contribution in [-0.4, -0.2) is 10.9 Å². The van der Waals surface area contributed by atoms with E-state index in [1.54, 1.807) is 11.1 Å². The van der Waals surface area contributed by atoms with Crippen LogP contribution in [0.1, 0.15) is 21.6 Å². The van der Waals surface area contributed by atoms with E-state index < -0.39 is 23.1 Å². The van der Waals surface area contributed by atoms with Crippen LogP contribution in [0.25, 0.3) is 0 Å². The fraction of sp³-hybridized carbons (Fsp3) is 0.0667. The van der Waals surface area contributed by atoms with Crippen molar-refractivity contribution < 1.29 is 13.6 Å². The second-order valence-corrected chi connectivity index (χ2v) is 9.59. The molecule has 0 aliphatic heterocycles. The van der Waals surface area contributed by atoms with Crippen molar-refractivity contribution in [3.05, 3.63) is 149 Å². The molecule has 0 aliphatic rings. The number of aromatic nitrogens is 1. The van der Waals surface area contributed by atoms with Gasteiger partial charge in [-0.15, -0.1) is 11.3 Å². The Morgan fingerprint density at radius 1 is 0.811 bits per heavy atom. The first-order chi connectivity index (χ1) is 18.0. The quantitative estimate of drug-likeness (QED) is 0.240. The molecule has 37 heavy (non-hydrogen) atoms. The third-order valence-corrected chi connectivity index (χ3v) is 7.12. The molecule has 1 amide bonds. The van der Waals surface area contributed by atoms with E-state index in [4.69, 9.17) is 5.73 Å². The Kier molecular flexibility index (Phi) is 6.79. The highest BCUT2D eigenvalue weighted by Crippen LogP contribution is 2.50. The van der Waals surface area contributed by atoms with Gasteiger partial charge >= 0.3 is 0 Å². The summed E-state index contributed by atoms with van der Waals surface area (Å²) >= 11 is 1.21. The molecule has 5 rings (SSSR count). The van der Waals surface area contributed by atoms with E-state index in [2.05, 4.69) is 4.98 Å². The highest BCUT2D eigenvalue weighted by atomic mass is 32.1. The summed E-state index contributed by atoms with van der Waals surface area (Å²) in [6.45, 7) is 0. The van der Waals surface area contributed by atoms with Gasteiger partial charge in [0.15, 0.2) is 5.13 Å². The minimum absolute atomic E-state index is 0.00779.